The lowest BCUT2D eigenvalue weighted by Crippen LogP contribution is -2.06. The highest BCUT2D eigenvalue weighted by atomic mass is 32.2. The smallest absolute Gasteiger partial charge is 0.123 e. The van der Waals surface area contributed by atoms with E-state index in [4.69, 9.17) is 5.73 Å². The standard InChI is InChI=1S/C17H18FNS/c1-11(19)16-10-14(18)6-8-17(16)20-15-7-5-12-3-2-4-13(12)9-15/h5-11H,2-4,19H2,1H3. The Morgan fingerprint density at radius 3 is 2.70 bits per heavy atom. The summed E-state index contributed by atoms with van der Waals surface area (Å²) >= 11 is 1.67. The molecular formula is C17H18FNS. The van der Waals surface area contributed by atoms with Crippen LogP contribution in [-0.4, -0.2) is 0 Å². The quantitative estimate of drug-likeness (QED) is 0.900. The average molecular weight is 287 g/mol. The van der Waals surface area contributed by atoms with Gasteiger partial charge in [0.05, 0.1) is 0 Å². The van der Waals surface area contributed by atoms with Gasteiger partial charge in [-0.25, -0.2) is 4.39 Å². The Bertz CT molecular complexity index is 637. The normalized spacial score (nSPS) is 15.2. The first-order chi connectivity index (χ1) is 9.63. The van der Waals surface area contributed by atoms with Crippen LogP contribution < -0.4 is 5.73 Å². The van der Waals surface area contributed by atoms with Gasteiger partial charge in [0.2, 0.25) is 0 Å². The Kier molecular flexibility index (Phi) is 3.81. The van der Waals surface area contributed by atoms with Crippen LogP contribution in [0.5, 0.6) is 0 Å². The van der Waals surface area contributed by atoms with Crippen LogP contribution in [0.25, 0.3) is 0 Å². The summed E-state index contributed by atoms with van der Waals surface area (Å²) < 4.78 is 13.4. The van der Waals surface area contributed by atoms with Gasteiger partial charge in [-0.2, -0.15) is 0 Å². The lowest BCUT2D eigenvalue weighted by Gasteiger charge is -2.13. The van der Waals surface area contributed by atoms with Crippen molar-refractivity contribution in [3.8, 4) is 0 Å². The predicted molar refractivity (Wildman–Crippen MR) is 81.6 cm³/mol. The van der Waals surface area contributed by atoms with E-state index >= 15 is 0 Å². The van der Waals surface area contributed by atoms with Crippen LogP contribution in [0, 0.1) is 5.82 Å². The molecule has 2 aromatic carbocycles. The maximum atomic E-state index is 13.4. The summed E-state index contributed by atoms with van der Waals surface area (Å²) in [6.45, 7) is 1.89. The Morgan fingerprint density at radius 1 is 1.10 bits per heavy atom. The predicted octanol–water partition coefficient (Wildman–Crippen LogP) is 4.49. The minimum atomic E-state index is -0.226. The largest absolute Gasteiger partial charge is 0.324 e. The molecule has 3 heteroatoms. The molecule has 2 N–H and O–H groups in total. The van der Waals surface area contributed by atoms with E-state index < -0.39 is 0 Å². The lowest BCUT2D eigenvalue weighted by atomic mass is 10.1. The molecule has 0 aliphatic heterocycles. The number of benzene rings is 2. The van der Waals surface area contributed by atoms with Crippen LogP contribution in [0.2, 0.25) is 0 Å². The summed E-state index contributed by atoms with van der Waals surface area (Å²) in [5.74, 6) is -0.226. The summed E-state index contributed by atoms with van der Waals surface area (Å²) in [6.07, 6.45) is 3.63. The molecule has 20 heavy (non-hydrogen) atoms. The van der Waals surface area contributed by atoms with Crippen molar-refractivity contribution in [3.05, 3.63) is 58.9 Å². The van der Waals surface area contributed by atoms with Gasteiger partial charge in [-0.3, -0.25) is 0 Å². The second-order valence-electron chi connectivity index (χ2n) is 5.36. The van der Waals surface area contributed by atoms with Crippen LogP contribution >= 0.6 is 11.8 Å². The number of hydrogen-bond acceptors (Lipinski definition) is 2. The van der Waals surface area contributed by atoms with Crippen molar-refractivity contribution in [1.29, 1.82) is 0 Å². The molecular weight excluding hydrogens is 269 g/mol. The van der Waals surface area contributed by atoms with Crippen molar-refractivity contribution < 1.29 is 4.39 Å². The molecule has 0 spiro atoms. The number of fused-ring (bicyclic) bond motifs is 1. The zero-order chi connectivity index (χ0) is 14.1. The minimum Gasteiger partial charge on any atom is -0.324 e. The summed E-state index contributed by atoms with van der Waals surface area (Å²) in [5, 5.41) is 0. The van der Waals surface area contributed by atoms with E-state index in [9.17, 15) is 4.39 Å². The van der Waals surface area contributed by atoms with Crippen molar-refractivity contribution >= 4 is 11.8 Å². The van der Waals surface area contributed by atoms with Gasteiger partial charge in [-0.15, -0.1) is 0 Å². The highest BCUT2D eigenvalue weighted by Gasteiger charge is 2.13. The van der Waals surface area contributed by atoms with Crippen LogP contribution in [0.1, 0.15) is 36.1 Å². The molecule has 1 unspecified atom stereocenters. The van der Waals surface area contributed by atoms with E-state index in [1.54, 1.807) is 17.8 Å². The molecule has 1 atom stereocenters. The van der Waals surface area contributed by atoms with Gasteiger partial charge >= 0.3 is 0 Å². The second kappa shape index (κ2) is 5.58. The molecule has 0 amide bonds. The van der Waals surface area contributed by atoms with E-state index in [0.717, 1.165) is 10.5 Å². The summed E-state index contributed by atoms with van der Waals surface area (Å²) in [5.41, 5.74) is 9.75. The monoisotopic (exact) mass is 287 g/mol. The Morgan fingerprint density at radius 2 is 1.90 bits per heavy atom. The SMILES string of the molecule is CC(N)c1cc(F)ccc1Sc1ccc2c(c1)CCC2. The summed E-state index contributed by atoms with van der Waals surface area (Å²) in [4.78, 5) is 2.25. The minimum absolute atomic E-state index is 0.164. The Labute approximate surface area is 123 Å². The topological polar surface area (TPSA) is 26.0 Å². The molecule has 104 valence electrons. The molecule has 2 aromatic rings. The van der Waals surface area contributed by atoms with Gasteiger partial charge in [0.25, 0.3) is 0 Å². The number of rotatable bonds is 3. The van der Waals surface area contributed by atoms with E-state index in [1.165, 1.54) is 41.4 Å². The van der Waals surface area contributed by atoms with Gasteiger partial charge in [-0.1, -0.05) is 17.8 Å². The van der Waals surface area contributed by atoms with Gasteiger partial charge in [0.15, 0.2) is 0 Å². The van der Waals surface area contributed by atoms with Crippen molar-refractivity contribution in [1.82, 2.24) is 0 Å². The molecule has 0 fully saturated rings. The number of halogens is 1. The molecule has 0 saturated carbocycles. The fraction of sp³-hybridized carbons (Fsp3) is 0.294. The Hall–Kier alpha value is -1.32. The van der Waals surface area contributed by atoms with Crippen molar-refractivity contribution in [3.63, 3.8) is 0 Å². The van der Waals surface area contributed by atoms with E-state index in [0.29, 0.717) is 0 Å². The number of aryl methyl sites for hydroxylation is 2. The molecule has 0 bridgehead atoms. The van der Waals surface area contributed by atoms with Gasteiger partial charge in [-0.05, 0) is 73.2 Å². The van der Waals surface area contributed by atoms with Crippen LogP contribution in [0.4, 0.5) is 4.39 Å². The molecule has 3 rings (SSSR count). The first-order valence-electron chi connectivity index (χ1n) is 6.98. The van der Waals surface area contributed by atoms with Crippen molar-refractivity contribution in [2.24, 2.45) is 5.73 Å². The maximum Gasteiger partial charge on any atom is 0.123 e. The van der Waals surface area contributed by atoms with Gasteiger partial charge in [0.1, 0.15) is 5.82 Å². The van der Waals surface area contributed by atoms with Crippen LogP contribution in [-0.2, 0) is 12.8 Å². The highest BCUT2D eigenvalue weighted by molar-refractivity contribution is 7.99. The number of nitrogens with two attached hydrogens (primary N) is 1. The van der Waals surface area contributed by atoms with Crippen LogP contribution in [0.15, 0.2) is 46.2 Å². The molecule has 0 radical (unpaired) electrons. The molecule has 1 aliphatic rings. The van der Waals surface area contributed by atoms with Crippen molar-refractivity contribution in [2.45, 2.75) is 42.0 Å². The summed E-state index contributed by atoms with van der Waals surface area (Å²) in [6, 6.07) is 11.3. The first-order valence-corrected chi connectivity index (χ1v) is 7.80. The zero-order valence-electron chi connectivity index (χ0n) is 11.5. The lowest BCUT2D eigenvalue weighted by molar-refractivity contribution is 0.619. The third-order valence-corrected chi connectivity index (χ3v) is 4.84. The third kappa shape index (κ3) is 2.74. The summed E-state index contributed by atoms with van der Waals surface area (Å²) in [7, 11) is 0. The molecule has 0 saturated heterocycles. The third-order valence-electron chi connectivity index (χ3n) is 3.76. The maximum absolute atomic E-state index is 13.4. The molecule has 0 heterocycles. The molecule has 0 aromatic heterocycles. The highest BCUT2D eigenvalue weighted by Crippen LogP contribution is 2.35. The van der Waals surface area contributed by atoms with Crippen molar-refractivity contribution in [2.75, 3.05) is 0 Å². The second-order valence-corrected chi connectivity index (χ2v) is 6.47. The number of hydrogen-bond donors (Lipinski definition) is 1. The fourth-order valence-corrected chi connectivity index (χ4v) is 3.80. The van der Waals surface area contributed by atoms with E-state index in [2.05, 4.69) is 18.2 Å². The van der Waals surface area contributed by atoms with Gasteiger partial charge < -0.3 is 5.73 Å². The Balaban J connectivity index is 1.91. The van der Waals surface area contributed by atoms with E-state index in [-0.39, 0.29) is 11.9 Å². The van der Waals surface area contributed by atoms with E-state index in [1.807, 2.05) is 13.0 Å². The fourth-order valence-electron chi connectivity index (χ4n) is 2.71. The van der Waals surface area contributed by atoms with Gasteiger partial charge in [0, 0.05) is 15.8 Å². The first kappa shape index (κ1) is 13.7. The molecule has 1 aliphatic carbocycles. The zero-order valence-corrected chi connectivity index (χ0v) is 12.3. The van der Waals surface area contributed by atoms with Crippen LogP contribution in [0.3, 0.4) is 0 Å². The average Bonchev–Trinajstić information content (AvgIpc) is 2.88. The molecule has 1 nitrogen and oxygen atoms in total.